The van der Waals surface area contributed by atoms with E-state index >= 15 is 0 Å². The molecule has 22 heavy (non-hydrogen) atoms. The van der Waals surface area contributed by atoms with Crippen molar-refractivity contribution in [3.8, 4) is 6.07 Å². The molecule has 0 atom stereocenters. The first kappa shape index (κ1) is 16.7. The molecule has 2 N–H and O–H groups in total. The normalized spacial score (nSPS) is 10.5. The minimum absolute atomic E-state index is 0.125. The zero-order valence-electron chi connectivity index (χ0n) is 11.0. The van der Waals surface area contributed by atoms with Crippen LogP contribution in [0.25, 0.3) is 0 Å². The van der Waals surface area contributed by atoms with E-state index in [0.29, 0.717) is 14.8 Å². The molecule has 1 amide bonds. The van der Waals surface area contributed by atoms with Crippen LogP contribution in [0.2, 0.25) is 5.02 Å². The zero-order chi connectivity index (χ0) is 16.1. The number of anilines is 1. The van der Waals surface area contributed by atoms with Crippen LogP contribution in [0.4, 0.5) is 5.69 Å². The Morgan fingerprint density at radius 3 is 2.82 bits per heavy atom. The van der Waals surface area contributed by atoms with Gasteiger partial charge in [0.25, 0.3) is 0 Å². The van der Waals surface area contributed by atoms with E-state index in [1.807, 2.05) is 6.07 Å². The molecule has 0 aliphatic rings. The number of nitrogens with one attached hydrogen (secondary N) is 1. The summed E-state index contributed by atoms with van der Waals surface area (Å²) >= 11 is 4.69. The molecule has 2 rings (SSSR count). The van der Waals surface area contributed by atoms with Gasteiger partial charge in [0.05, 0.1) is 0 Å². The maximum atomic E-state index is 12.3. The van der Waals surface area contributed by atoms with E-state index in [1.54, 1.807) is 24.3 Å². The van der Waals surface area contributed by atoms with Gasteiger partial charge in [-0.1, -0.05) is 0 Å². The van der Waals surface area contributed by atoms with Crippen LogP contribution in [0.15, 0.2) is 42.5 Å². The SMILES string of the molecule is N#Cc1cccc(NC(=O)c2cc([I-]N([O-])O)ccc2Cl)c1. The Hall–Kier alpha value is -1.70. The van der Waals surface area contributed by atoms with Gasteiger partial charge >= 0.3 is 142 Å². The Morgan fingerprint density at radius 2 is 2.14 bits per heavy atom. The third-order valence-electron chi connectivity index (χ3n) is 2.59. The molecule has 0 fully saturated rings. The number of hydrogen-bond donors (Lipinski definition) is 2. The van der Waals surface area contributed by atoms with Crippen molar-refractivity contribution in [2.45, 2.75) is 0 Å². The number of halogens is 2. The molecule has 2 aromatic carbocycles. The number of benzene rings is 2. The van der Waals surface area contributed by atoms with Gasteiger partial charge in [-0.2, -0.15) is 0 Å². The van der Waals surface area contributed by atoms with Crippen LogP contribution in [0.5, 0.6) is 0 Å². The van der Waals surface area contributed by atoms with Gasteiger partial charge in [-0.15, -0.1) is 0 Å². The van der Waals surface area contributed by atoms with E-state index < -0.39 is 27.4 Å². The van der Waals surface area contributed by atoms with Crippen LogP contribution in [-0.2, 0) is 0 Å². The summed E-state index contributed by atoms with van der Waals surface area (Å²) in [4.78, 5) is 12.3. The van der Waals surface area contributed by atoms with Gasteiger partial charge in [0.1, 0.15) is 0 Å². The van der Waals surface area contributed by atoms with Crippen molar-refractivity contribution in [2.24, 2.45) is 0 Å². The Balaban J connectivity index is 2.23. The third kappa shape index (κ3) is 4.40. The second-order valence-electron chi connectivity index (χ2n) is 4.08. The van der Waals surface area contributed by atoms with Crippen LogP contribution < -0.4 is 26.8 Å². The van der Waals surface area contributed by atoms with Gasteiger partial charge in [0.15, 0.2) is 0 Å². The number of nitriles is 1. The Morgan fingerprint density at radius 1 is 1.36 bits per heavy atom. The van der Waals surface area contributed by atoms with E-state index in [4.69, 9.17) is 22.1 Å². The number of nitrogens with zero attached hydrogens (tertiary/aromatic N) is 2. The van der Waals surface area contributed by atoms with E-state index in [9.17, 15) is 10.0 Å². The first-order valence-corrected chi connectivity index (χ1v) is 8.34. The van der Waals surface area contributed by atoms with Crippen molar-refractivity contribution in [3.63, 3.8) is 0 Å². The van der Waals surface area contributed by atoms with Crippen molar-refractivity contribution in [3.05, 3.63) is 67.4 Å². The molecule has 6 nitrogen and oxygen atoms in total. The summed E-state index contributed by atoms with van der Waals surface area (Å²) in [6.07, 6.45) is 0. The number of rotatable bonds is 4. The number of amides is 1. The second-order valence-corrected chi connectivity index (χ2v) is 7.04. The quantitative estimate of drug-likeness (QED) is 0.399. The Kier molecular flexibility index (Phi) is 5.70. The van der Waals surface area contributed by atoms with E-state index in [1.165, 1.54) is 18.2 Å². The number of carbonyl (C=O) groups is 1. The molecule has 114 valence electrons. The molecule has 0 heterocycles. The molecular weight excluding hydrogens is 421 g/mol. The Bertz CT molecular complexity index is 746. The molecular formula is C14H9ClIN3O3-2. The van der Waals surface area contributed by atoms with Crippen LogP contribution >= 0.6 is 11.6 Å². The fourth-order valence-electron chi connectivity index (χ4n) is 1.67. The van der Waals surface area contributed by atoms with Gasteiger partial charge < -0.3 is 0 Å². The molecule has 0 aromatic heterocycles. The monoisotopic (exact) mass is 429 g/mol. The van der Waals surface area contributed by atoms with Crippen LogP contribution in [0.3, 0.4) is 0 Å². The van der Waals surface area contributed by atoms with Crippen molar-refractivity contribution in [1.29, 1.82) is 5.26 Å². The molecule has 0 saturated carbocycles. The summed E-state index contributed by atoms with van der Waals surface area (Å²) in [7, 11) is 0. The fraction of sp³-hybridized carbons (Fsp3) is 0. The summed E-state index contributed by atoms with van der Waals surface area (Å²) in [6, 6.07) is 13.0. The summed E-state index contributed by atoms with van der Waals surface area (Å²) in [5, 5.41) is 31.2. The molecule has 0 bridgehead atoms. The molecule has 0 aliphatic carbocycles. The van der Waals surface area contributed by atoms with Gasteiger partial charge in [-0.25, -0.2) is 0 Å². The predicted octanol–water partition coefficient (Wildman–Crippen LogP) is -0.173. The van der Waals surface area contributed by atoms with Gasteiger partial charge in [0, 0.05) is 0 Å². The summed E-state index contributed by atoms with van der Waals surface area (Å²) in [5.41, 5.74) is 1.08. The van der Waals surface area contributed by atoms with Crippen LogP contribution in [-0.4, -0.2) is 14.6 Å². The molecule has 0 spiro atoms. The first-order chi connectivity index (χ1) is 10.5. The summed E-state index contributed by atoms with van der Waals surface area (Å²) in [5.74, 6) is -0.457. The number of carbonyl (C=O) groups excluding carboxylic acids is 1. The molecule has 0 unspecified atom stereocenters. The van der Waals surface area contributed by atoms with Crippen molar-refractivity contribution in [1.82, 2.24) is 3.44 Å². The molecule has 2 aromatic rings. The Labute approximate surface area is 142 Å². The van der Waals surface area contributed by atoms with Gasteiger partial charge in [0.2, 0.25) is 0 Å². The summed E-state index contributed by atoms with van der Waals surface area (Å²) in [6.45, 7) is 0. The number of hydrogen-bond acceptors (Lipinski definition) is 5. The van der Waals surface area contributed by atoms with Gasteiger partial charge in [-0.3, -0.25) is 0 Å². The van der Waals surface area contributed by atoms with Crippen molar-refractivity contribution in [2.75, 3.05) is 5.32 Å². The molecule has 0 aliphatic heterocycles. The molecule has 8 heteroatoms. The zero-order valence-corrected chi connectivity index (χ0v) is 13.9. The predicted molar refractivity (Wildman–Crippen MR) is 76.3 cm³/mol. The summed E-state index contributed by atoms with van der Waals surface area (Å²) < 4.78 is 0.428. The van der Waals surface area contributed by atoms with E-state index in [2.05, 4.69) is 5.32 Å². The van der Waals surface area contributed by atoms with Crippen LogP contribution in [0, 0.1) is 20.1 Å². The third-order valence-corrected chi connectivity index (χ3v) is 4.56. The topological polar surface area (TPSA) is 99.4 Å². The average Bonchev–Trinajstić information content (AvgIpc) is 2.48. The molecule has 0 saturated heterocycles. The van der Waals surface area contributed by atoms with E-state index in [0.717, 1.165) is 0 Å². The van der Waals surface area contributed by atoms with Gasteiger partial charge in [-0.05, 0) is 0 Å². The minimum atomic E-state index is -1.30. The fourth-order valence-corrected chi connectivity index (χ4v) is 3.14. The standard InChI is InChI=1S/C14H9ClIN3O3/c15-13-5-4-10(16-19(21)22)7-12(13)14(20)18-11-3-1-2-9(6-11)8-17/h1-7,21H,(H,18,20)/q-2. The molecule has 0 radical (unpaired) electrons. The maximum absolute atomic E-state index is 12.3. The first-order valence-electron chi connectivity index (χ1n) is 5.92. The van der Waals surface area contributed by atoms with Crippen molar-refractivity contribution >= 4 is 23.2 Å². The van der Waals surface area contributed by atoms with E-state index in [-0.39, 0.29) is 14.0 Å². The van der Waals surface area contributed by atoms with Crippen molar-refractivity contribution < 1.29 is 31.5 Å². The second kappa shape index (κ2) is 7.53. The average molecular weight is 430 g/mol. The van der Waals surface area contributed by atoms with Crippen LogP contribution in [0.1, 0.15) is 15.9 Å².